The highest BCUT2D eigenvalue weighted by atomic mass is 32.2. The summed E-state index contributed by atoms with van der Waals surface area (Å²) in [6, 6.07) is 12.7. The van der Waals surface area contributed by atoms with Crippen molar-refractivity contribution in [3.63, 3.8) is 0 Å². The van der Waals surface area contributed by atoms with Gasteiger partial charge in [0.05, 0.1) is 16.8 Å². The minimum Gasteiger partial charge on any atom is -0.480 e. The molecule has 0 aliphatic rings. The van der Waals surface area contributed by atoms with Gasteiger partial charge in [0, 0.05) is 19.1 Å². The lowest BCUT2D eigenvalue weighted by molar-refractivity contribution is -0.141. The van der Waals surface area contributed by atoms with Gasteiger partial charge in [0.2, 0.25) is 11.8 Å². The maximum atomic E-state index is 13.3. The number of carbonyl (C=O) groups is 3. The molecule has 3 rings (SSSR count). The highest BCUT2D eigenvalue weighted by Gasteiger charge is 2.29. The fourth-order valence-corrected chi connectivity index (χ4v) is 4.25. The van der Waals surface area contributed by atoms with Crippen LogP contribution in [0.3, 0.4) is 0 Å². The van der Waals surface area contributed by atoms with Gasteiger partial charge in [0.1, 0.15) is 12.1 Å². The second-order valence-corrected chi connectivity index (χ2v) is 8.53. The van der Waals surface area contributed by atoms with Crippen LogP contribution < -0.4 is 21.9 Å². The standard InChI is InChI=1S/C23H24N4O6S/c1-14(28)24-13-34-12-18(22(31)32)25-20(29)19(11-15-7-3-2-4-8-15)27-21(30)16-9-5-6-10-17(16)26-23(27)33/h2-10,18-19H,11-13H2,1H3,(H,24,28)(H,25,29)(H,26,33)(H,31,32)/t18-,19-/m0/s1. The summed E-state index contributed by atoms with van der Waals surface area (Å²) in [4.78, 5) is 64.7. The number of hydrogen-bond donors (Lipinski definition) is 4. The molecule has 0 radical (unpaired) electrons. The maximum Gasteiger partial charge on any atom is 0.329 e. The molecule has 10 nitrogen and oxygen atoms in total. The van der Waals surface area contributed by atoms with Crippen molar-refractivity contribution in [2.24, 2.45) is 0 Å². The van der Waals surface area contributed by atoms with Gasteiger partial charge in [-0.3, -0.25) is 14.4 Å². The summed E-state index contributed by atoms with van der Waals surface area (Å²) in [6.07, 6.45) is -0.000621. The average molecular weight is 485 g/mol. The van der Waals surface area contributed by atoms with Gasteiger partial charge in [-0.05, 0) is 17.7 Å². The minimum absolute atomic E-state index is 0.000621. The maximum absolute atomic E-state index is 13.3. The summed E-state index contributed by atoms with van der Waals surface area (Å²) in [5.74, 6) is -2.17. The normalized spacial score (nSPS) is 12.6. The molecule has 0 spiro atoms. The Morgan fingerprint density at radius 1 is 1.06 bits per heavy atom. The first-order valence-corrected chi connectivity index (χ1v) is 11.6. The van der Waals surface area contributed by atoms with Crippen molar-refractivity contribution < 1.29 is 19.5 Å². The largest absolute Gasteiger partial charge is 0.480 e. The first kappa shape index (κ1) is 24.8. The topological polar surface area (TPSA) is 150 Å². The second-order valence-electron chi connectivity index (χ2n) is 7.50. The fourth-order valence-electron chi connectivity index (χ4n) is 3.37. The fraction of sp³-hybridized carbons (Fsp3) is 0.261. The van der Waals surface area contributed by atoms with Gasteiger partial charge in [0.25, 0.3) is 5.56 Å². The average Bonchev–Trinajstić information content (AvgIpc) is 2.80. The second kappa shape index (κ2) is 11.3. The Morgan fingerprint density at radius 2 is 1.74 bits per heavy atom. The number of para-hydroxylation sites is 1. The van der Waals surface area contributed by atoms with Crippen LogP contribution in [0.5, 0.6) is 0 Å². The van der Waals surface area contributed by atoms with Crippen molar-refractivity contribution in [2.45, 2.75) is 25.4 Å². The van der Waals surface area contributed by atoms with Gasteiger partial charge in [-0.2, -0.15) is 0 Å². The van der Waals surface area contributed by atoms with Crippen LogP contribution in [0.1, 0.15) is 18.5 Å². The lowest BCUT2D eigenvalue weighted by atomic mass is 10.0. The Labute approximate surface area is 198 Å². The van der Waals surface area contributed by atoms with Gasteiger partial charge in [-0.25, -0.2) is 14.2 Å². The van der Waals surface area contributed by atoms with E-state index in [1.54, 1.807) is 54.6 Å². The predicted octanol–water partition coefficient (Wildman–Crippen LogP) is 0.870. The summed E-state index contributed by atoms with van der Waals surface area (Å²) >= 11 is 1.12. The zero-order valence-corrected chi connectivity index (χ0v) is 19.1. The van der Waals surface area contributed by atoms with Crippen molar-refractivity contribution >= 4 is 40.4 Å². The van der Waals surface area contributed by atoms with E-state index >= 15 is 0 Å². The summed E-state index contributed by atoms with van der Waals surface area (Å²) in [6.45, 7) is 1.34. The lowest BCUT2D eigenvalue weighted by Gasteiger charge is -2.22. The Morgan fingerprint density at radius 3 is 2.41 bits per heavy atom. The molecule has 0 saturated heterocycles. The van der Waals surface area contributed by atoms with Crippen molar-refractivity contribution in [3.05, 3.63) is 81.0 Å². The number of carboxylic acid groups (broad SMARTS) is 1. The SMILES string of the molecule is CC(=O)NCSC[C@H](NC(=O)[C@H](Cc1ccccc1)n1c(=O)[nH]c2ccccc2c1=O)C(=O)O. The van der Waals surface area contributed by atoms with E-state index in [1.165, 1.54) is 6.92 Å². The molecule has 34 heavy (non-hydrogen) atoms. The van der Waals surface area contributed by atoms with Crippen LogP contribution in [-0.4, -0.2) is 50.1 Å². The Bertz CT molecular complexity index is 1300. The van der Waals surface area contributed by atoms with Crippen LogP contribution in [0.2, 0.25) is 0 Å². The summed E-state index contributed by atoms with van der Waals surface area (Å²) < 4.78 is 0.827. The number of aromatic amines is 1. The van der Waals surface area contributed by atoms with Crippen LogP contribution in [0.25, 0.3) is 10.9 Å². The van der Waals surface area contributed by atoms with E-state index in [0.29, 0.717) is 11.1 Å². The summed E-state index contributed by atoms with van der Waals surface area (Å²) in [5.41, 5.74) is -0.395. The molecule has 0 aliphatic carbocycles. The van der Waals surface area contributed by atoms with Crippen LogP contribution in [0.15, 0.2) is 64.2 Å². The van der Waals surface area contributed by atoms with E-state index in [9.17, 15) is 29.1 Å². The van der Waals surface area contributed by atoms with E-state index in [-0.39, 0.29) is 29.3 Å². The van der Waals surface area contributed by atoms with Crippen molar-refractivity contribution in [1.82, 2.24) is 20.2 Å². The van der Waals surface area contributed by atoms with E-state index in [2.05, 4.69) is 15.6 Å². The number of rotatable bonds is 10. The Kier molecular flexibility index (Phi) is 8.25. The predicted molar refractivity (Wildman–Crippen MR) is 129 cm³/mol. The van der Waals surface area contributed by atoms with Gasteiger partial charge in [0.15, 0.2) is 0 Å². The van der Waals surface area contributed by atoms with Crippen LogP contribution in [0, 0.1) is 0 Å². The number of fused-ring (bicyclic) bond motifs is 1. The number of carbonyl (C=O) groups excluding carboxylic acids is 2. The lowest BCUT2D eigenvalue weighted by Crippen LogP contribution is -2.50. The molecule has 178 valence electrons. The van der Waals surface area contributed by atoms with E-state index < -0.39 is 35.2 Å². The number of aliphatic carboxylic acids is 1. The summed E-state index contributed by atoms with van der Waals surface area (Å²) in [5, 5.41) is 14.8. The van der Waals surface area contributed by atoms with Gasteiger partial charge < -0.3 is 20.7 Å². The quantitative estimate of drug-likeness (QED) is 0.246. The highest BCUT2D eigenvalue weighted by Crippen LogP contribution is 2.14. The molecular weight excluding hydrogens is 460 g/mol. The minimum atomic E-state index is -1.29. The molecule has 11 heteroatoms. The molecule has 2 amide bonds. The number of carboxylic acids is 1. The van der Waals surface area contributed by atoms with E-state index in [0.717, 1.165) is 16.3 Å². The first-order valence-electron chi connectivity index (χ1n) is 10.4. The van der Waals surface area contributed by atoms with Gasteiger partial charge in [-0.1, -0.05) is 42.5 Å². The molecule has 0 aliphatic heterocycles. The molecule has 4 N–H and O–H groups in total. The number of benzene rings is 2. The summed E-state index contributed by atoms with van der Waals surface area (Å²) in [7, 11) is 0. The third-order valence-electron chi connectivity index (χ3n) is 5.05. The zero-order chi connectivity index (χ0) is 24.7. The molecule has 0 saturated carbocycles. The zero-order valence-electron chi connectivity index (χ0n) is 18.3. The molecular formula is C23H24N4O6S. The molecule has 1 aromatic heterocycles. The molecule has 0 unspecified atom stereocenters. The number of amides is 2. The van der Waals surface area contributed by atoms with Crippen molar-refractivity contribution in [2.75, 3.05) is 11.6 Å². The third-order valence-corrected chi connectivity index (χ3v) is 5.96. The van der Waals surface area contributed by atoms with Gasteiger partial charge >= 0.3 is 11.7 Å². The van der Waals surface area contributed by atoms with Crippen molar-refractivity contribution in [1.29, 1.82) is 0 Å². The number of H-pyrrole nitrogens is 1. The smallest absolute Gasteiger partial charge is 0.329 e. The monoisotopic (exact) mass is 484 g/mol. The number of hydrogen-bond acceptors (Lipinski definition) is 6. The van der Waals surface area contributed by atoms with Crippen molar-refractivity contribution in [3.8, 4) is 0 Å². The number of nitrogens with one attached hydrogen (secondary N) is 3. The molecule has 3 aromatic rings. The molecule has 0 fully saturated rings. The van der Waals surface area contributed by atoms with Crippen LogP contribution in [0.4, 0.5) is 0 Å². The molecule has 2 aromatic carbocycles. The Balaban J connectivity index is 1.95. The molecule has 2 atom stereocenters. The Hall–Kier alpha value is -3.86. The van der Waals surface area contributed by atoms with Gasteiger partial charge in [-0.15, -0.1) is 11.8 Å². The number of thioether (sulfide) groups is 1. The number of nitrogens with zero attached hydrogens (tertiary/aromatic N) is 1. The van der Waals surface area contributed by atoms with E-state index in [1.807, 2.05) is 0 Å². The van der Waals surface area contributed by atoms with Crippen LogP contribution >= 0.6 is 11.8 Å². The van der Waals surface area contributed by atoms with E-state index in [4.69, 9.17) is 0 Å². The molecule has 0 bridgehead atoms. The third kappa shape index (κ3) is 6.13. The highest BCUT2D eigenvalue weighted by molar-refractivity contribution is 7.99. The van der Waals surface area contributed by atoms with Crippen LogP contribution in [-0.2, 0) is 20.8 Å². The molecule has 1 heterocycles. The number of aromatic nitrogens is 2. The first-order chi connectivity index (χ1) is 16.3.